The molecule has 0 aliphatic carbocycles. The summed E-state index contributed by atoms with van der Waals surface area (Å²) in [6.07, 6.45) is 4.09. The van der Waals surface area contributed by atoms with Crippen LogP contribution >= 0.6 is 0 Å². The highest BCUT2D eigenvalue weighted by Crippen LogP contribution is 2.26. The molecule has 1 aliphatic heterocycles. The van der Waals surface area contributed by atoms with E-state index >= 15 is 0 Å². The second-order valence-electron chi connectivity index (χ2n) is 6.32. The van der Waals surface area contributed by atoms with Crippen LogP contribution in [0.15, 0.2) is 30.3 Å². The lowest BCUT2D eigenvalue weighted by Gasteiger charge is -2.19. The molecule has 5 heteroatoms. The molecular formula is C18H25NO4. The lowest BCUT2D eigenvalue weighted by Crippen LogP contribution is -2.32. The second kappa shape index (κ2) is 8.13. The Labute approximate surface area is 137 Å². The van der Waals surface area contributed by atoms with Gasteiger partial charge in [-0.15, -0.1) is 0 Å². The molecule has 0 aromatic heterocycles. The minimum atomic E-state index is -0.472. The Morgan fingerprint density at radius 3 is 2.70 bits per heavy atom. The molecule has 0 radical (unpaired) electrons. The summed E-state index contributed by atoms with van der Waals surface area (Å²) in [6.45, 7) is 7.32. The summed E-state index contributed by atoms with van der Waals surface area (Å²) in [6, 6.07) is 7.99. The minimum Gasteiger partial charge on any atom is -0.444 e. The van der Waals surface area contributed by atoms with Gasteiger partial charge in [-0.3, -0.25) is 0 Å². The predicted octanol–water partition coefficient (Wildman–Crippen LogP) is 3.66. The van der Waals surface area contributed by atoms with Gasteiger partial charge < -0.3 is 19.5 Å². The average Bonchev–Trinajstić information content (AvgIpc) is 2.99. The molecule has 1 aromatic carbocycles. The van der Waals surface area contributed by atoms with Crippen molar-refractivity contribution in [2.45, 2.75) is 39.1 Å². The Balaban J connectivity index is 1.81. The van der Waals surface area contributed by atoms with E-state index in [9.17, 15) is 4.79 Å². The summed E-state index contributed by atoms with van der Waals surface area (Å²) >= 11 is 0. The number of benzene rings is 1. The van der Waals surface area contributed by atoms with Crippen LogP contribution in [0.3, 0.4) is 0 Å². The highest BCUT2D eigenvalue weighted by Gasteiger charge is 2.20. The Kier molecular flexibility index (Phi) is 6.19. The van der Waals surface area contributed by atoms with Crippen LogP contribution in [0.5, 0.6) is 0 Å². The summed E-state index contributed by atoms with van der Waals surface area (Å²) in [4.78, 5) is 11.5. The van der Waals surface area contributed by atoms with Gasteiger partial charge in [0.05, 0.1) is 13.2 Å². The Morgan fingerprint density at radius 1 is 1.30 bits per heavy atom. The van der Waals surface area contributed by atoms with E-state index in [-0.39, 0.29) is 12.4 Å². The molecule has 0 unspecified atom stereocenters. The number of hydrogen-bond acceptors (Lipinski definition) is 4. The number of hydrogen-bond donors (Lipinski definition) is 1. The van der Waals surface area contributed by atoms with Crippen LogP contribution in [0.2, 0.25) is 0 Å². The summed E-state index contributed by atoms with van der Waals surface area (Å²) in [5, 5.41) is 2.73. The molecule has 5 nitrogen and oxygen atoms in total. The lowest BCUT2D eigenvalue weighted by molar-refractivity contribution is -0.0442. The predicted molar refractivity (Wildman–Crippen MR) is 89.0 cm³/mol. The van der Waals surface area contributed by atoms with Crippen LogP contribution in [0.1, 0.15) is 44.6 Å². The molecule has 1 amide bonds. The molecule has 0 spiro atoms. The number of ether oxygens (including phenoxy) is 3. The van der Waals surface area contributed by atoms with Crippen LogP contribution in [0.4, 0.5) is 4.79 Å². The van der Waals surface area contributed by atoms with Gasteiger partial charge in [-0.05, 0) is 32.8 Å². The van der Waals surface area contributed by atoms with E-state index < -0.39 is 5.60 Å². The first-order chi connectivity index (χ1) is 11.0. The third kappa shape index (κ3) is 6.04. The first-order valence-electron chi connectivity index (χ1n) is 7.91. The standard InChI is InChI=1S/C18H25NO4/c1-18(2,3)23-17(20)19-11-7-6-9-14-8-4-5-10-15(14)16-21-12-13-22-16/h4-6,8-10,16H,7,11-13H2,1-3H3,(H,19,20). The lowest BCUT2D eigenvalue weighted by atomic mass is 10.1. The Hall–Kier alpha value is -1.85. The third-order valence-electron chi connectivity index (χ3n) is 3.15. The number of alkyl carbamates (subject to hydrolysis) is 1. The van der Waals surface area contributed by atoms with Crippen molar-refractivity contribution in [2.24, 2.45) is 0 Å². The van der Waals surface area contributed by atoms with Gasteiger partial charge >= 0.3 is 6.09 Å². The van der Waals surface area contributed by atoms with E-state index in [1.165, 1.54) is 0 Å². The molecule has 1 aromatic rings. The Morgan fingerprint density at radius 2 is 2.00 bits per heavy atom. The van der Waals surface area contributed by atoms with E-state index in [4.69, 9.17) is 14.2 Å². The molecule has 0 bridgehead atoms. The van der Waals surface area contributed by atoms with E-state index in [0.29, 0.717) is 19.8 Å². The normalized spacial score (nSPS) is 16.0. The Bertz CT molecular complexity index is 542. The molecule has 2 rings (SSSR count). The maximum Gasteiger partial charge on any atom is 0.407 e. The SMILES string of the molecule is CC(C)(C)OC(=O)NCCC=Cc1ccccc1C1OCCO1. The van der Waals surface area contributed by atoms with Crippen LogP contribution in [0, 0.1) is 0 Å². The fourth-order valence-electron chi connectivity index (χ4n) is 2.20. The first-order valence-corrected chi connectivity index (χ1v) is 7.91. The molecule has 23 heavy (non-hydrogen) atoms. The zero-order valence-corrected chi connectivity index (χ0v) is 14.0. The van der Waals surface area contributed by atoms with Crippen molar-refractivity contribution in [3.63, 3.8) is 0 Å². The molecule has 1 saturated heterocycles. The number of rotatable bonds is 5. The fourth-order valence-corrected chi connectivity index (χ4v) is 2.20. The number of carbonyl (C=O) groups excluding carboxylic acids is 1. The quantitative estimate of drug-likeness (QED) is 0.842. The van der Waals surface area contributed by atoms with Crippen molar-refractivity contribution in [3.05, 3.63) is 41.5 Å². The van der Waals surface area contributed by atoms with Crippen molar-refractivity contribution < 1.29 is 19.0 Å². The van der Waals surface area contributed by atoms with Crippen LogP contribution in [-0.4, -0.2) is 31.5 Å². The number of amides is 1. The number of nitrogens with one attached hydrogen (secondary N) is 1. The summed E-state index contributed by atoms with van der Waals surface area (Å²) in [7, 11) is 0. The summed E-state index contributed by atoms with van der Waals surface area (Å²) < 4.78 is 16.3. The maximum absolute atomic E-state index is 11.5. The first kappa shape index (κ1) is 17.5. The molecular weight excluding hydrogens is 294 g/mol. The topological polar surface area (TPSA) is 56.8 Å². The van der Waals surface area contributed by atoms with E-state index in [1.54, 1.807) is 0 Å². The molecule has 1 fully saturated rings. The third-order valence-corrected chi connectivity index (χ3v) is 3.15. The fraction of sp³-hybridized carbons (Fsp3) is 0.500. The van der Waals surface area contributed by atoms with Gasteiger partial charge in [0.15, 0.2) is 6.29 Å². The van der Waals surface area contributed by atoms with Crippen molar-refractivity contribution >= 4 is 12.2 Å². The highest BCUT2D eigenvalue weighted by atomic mass is 16.7. The average molecular weight is 319 g/mol. The minimum absolute atomic E-state index is 0.282. The van der Waals surface area contributed by atoms with Gasteiger partial charge in [-0.1, -0.05) is 36.4 Å². The van der Waals surface area contributed by atoms with Crippen molar-refractivity contribution in [1.29, 1.82) is 0 Å². The van der Waals surface area contributed by atoms with E-state index in [2.05, 4.69) is 5.32 Å². The maximum atomic E-state index is 11.5. The monoisotopic (exact) mass is 319 g/mol. The second-order valence-corrected chi connectivity index (χ2v) is 6.32. The van der Waals surface area contributed by atoms with Crippen LogP contribution < -0.4 is 5.32 Å². The smallest absolute Gasteiger partial charge is 0.407 e. The van der Waals surface area contributed by atoms with Gasteiger partial charge in [0.25, 0.3) is 0 Å². The van der Waals surface area contributed by atoms with Crippen molar-refractivity contribution in [1.82, 2.24) is 5.32 Å². The zero-order chi connectivity index (χ0) is 16.7. The van der Waals surface area contributed by atoms with Crippen molar-refractivity contribution in [3.8, 4) is 0 Å². The van der Waals surface area contributed by atoms with Crippen molar-refractivity contribution in [2.75, 3.05) is 19.8 Å². The van der Waals surface area contributed by atoms with E-state index in [1.807, 2.05) is 57.2 Å². The van der Waals surface area contributed by atoms with Gasteiger partial charge in [0, 0.05) is 12.1 Å². The molecule has 1 aliphatic rings. The van der Waals surface area contributed by atoms with Crippen LogP contribution in [0.25, 0.3) is 6.08 Å². The summed E-state index contributed by atoms with van der Waals surface area (Å²) in [5.74, 6) is 0. The molecule has 0 atom stereocenters. The summed E-state index contributed by atoms with van der Waals surface area (Å²) in [5.41, 5.74) is 1.62. The van der Waals surface area contributed by atoms with E-state index in [0.717, 1.165) is 17.5 Å². The van der Waals surface area contributed by atoms with Gasteiger partial charge in [0.2, 0.25) is 0 Å². The molecule has 1 heterocycles. The zero-order valence-electron chi connectivity index (χ0n) is 14.0. The largest absolute Gasteiger partial charge is 0.444 e. The van der Waals surface area contributed by atoms with Gasteiger partial charge in [-0.25, -0.2) is 4.79 Å². The number of carbonyl (C=O) groups is 1. The van der Waals surface area contributed by atoms with Gasteiger partial charge in [-0.2, -0.15) is 0 Å². The molecule has 126 valence electrons. The van der Waals surface area contributed by atoms with Gasteiger partial charge in [0.1, 0.15) is 5.60 Å². The molecule has 1 N–H and O–H groups in total. The van der Waals surface area contributed by atoms with Crippen LogP contribution in [-0.2, 0) is 14.2 Å². The molecule has 0 saturated carbocycles. The highest BCUT2D eigenvalue weighted by molar-refractivity contribution is 5.67.